The van der Waals surface area contributed by atoms with Gasteiger partial charge in [-0.05, 0) is 45.0 Å². The molecule has 2 rings (SSSR count). The number of nitrogens with one attached hydrogen (secondary N) is 1. The second-order valence-electron chi connectivity index (χ2n) is 5.39. The molecule has 1 saturated heterocycles. The van der Waals surface area contributed by atoms with Gasteiger partial charge in [-0.25, -0.2) is 4.98 Å². The van der Waals surface area contributed by atoms with E-state index in [2.05, 4.69) is 22.1 Å². The zero-order valence-electron chi connectivity index (χ0n) is 12.6. The molecular weight excluding hydrogens is 250 g/mol. The van der Waals surface area contributed by atoms with Gasteiger partial charge in [0, 0.05) is 19.2 Å². The van der Waals surface area contributed by atoms with E-state index < -0.39 is 0 Å². The molecule has 0 unspecified atom stereocenters. The fourth-order valence-corrected chi connectivity index (χ4v) is 2.49. The molecule has 2 heterocycles. The zero-order valence-corrected chi connectivity index (χ0v) is 12.6. The summed E-state index contributed by atoms with van der Waals surface area (Å²) in [7, 11) is 0. The first-order valence-corrected chi connectivity index (χ1v) is 7.90. The van der Waals surface area contributed by atoms with E-state index in [1.165, 1.54) is 32.4 Å². The molecule has 1 aromatic rings. The molecule has 1 aliphatic heterocycles. The van der Waals surface area contributed by atoms with Crippen molar-refractivity contribution >= 4 is 0 Å². The monoisotopic (exact) mass is 277 g/mol. The Labute approximate surface area is 122 Å². The van der Waals surface area contributed by atoms with Crippen LogP contribution in [-0.2, 0) is 6.54 Å². The number of pyridine rings is 1. The molecule has 0 spiro atoms. The lowest BCUT2D eigenvalue weighted by Crippen LogP contribution is -2.33. The van der Waals surface area contributed by atoms with Crippen molar-refractivity contribution in [2.45, 2.75) is 39.2 Å². The maximum absolute atomic E-state index is 5.78. The molecule has 112 valence electrons. The van der Waals surface area contributed by atoms with Gasteiger partial charge in [-0.3, -0.25) is 4.90 Å². The summed E-state index contributed by atoms with van der Waals surface area (Å²) in [5, 5.41) is 3.36. The number of ether oxygens (including phenoxy) is 1. The number of aromatic nitrogens is 1. The molecule has 1 N–H and O–H groups in total. The van der Waals surface area contributed by atoms with Crippen molar-refractivity contribution in [3.63, 3.8) is 0 Å². The summed E-state index contributed by atoms with van der Waals surface area (Å²) < 4.78 is 5.78. The maximum Gasteiger partial charge on any atom is 0.213 e. The molecule has 4 heteroatoms. The molecule has 0 radical (unpaired) electrons. The molecule has 0 amide bonds. The van der Waals surface area contributed by atoms with E-state index in [1.807, 2.05) is 18.2 Å². The lowest BCUT2D eigenvalue weighted by molar-refractivity contribution is 0.180. The van der Waals surface area contributed by atoms with Crippen LogP contribution in [0.1, 0.15) is 38.3 Å². The summed E-state index contributed by atoms with van der Waals surface area (Å²) in [6.45, 7) is 8.20. The highest BCUT2D eigenvalue weighted by atomic mass is 16.5. The van der Waals surface area contributed by atoms with Crippen molar-refractivity contribution in [2.24, 2.45) is 0 Å². The number of rotatable bonds is 8. The van der Waals surface area contributed by atoms with Crippen molar-refractivity contribution in [3.05, 3.63) is 23.9 Å². The van der Waals surface area contributed by atoms with Gasteiger partial charge in [0.05, 0.1) is 5.69 Å². The second kappa shape index (κ2) is 8.93. The van der Waals surface area contributed by atoms with Crippen LogP contribution < -0.4 is 10.1 Å². The van der Waals surface area contributed by atoms with E-state index in [4.69, 9.17) is 4.74 Å². The summed E-state index contributed by atoms with van der Waals surface area (Å²) in [6.07, 6.45) is 5.19. The van der Waals surface area contributed by atoms with Crippen molar-refractivity contribution in [1.29, 1.82) is 0 Å². The molecule has 20 heavy (non-hydrogen) atoms. The predicted molar refractivity (Wildman–Crippen MR) is 82.0 cm³/mol. The molecule has 1 aliphatic rings. The summed E-state index contributed by atoms with van der Waals surface area (Å²) >= 11 is 0. The number of nitrogens with zero attached hydrogens (tertiary/aromatic N) is 2. The van der Waals surface area contributed by atoms with Gasteiger partial charge in [-0.1, -0.05) is 19.4 Å². The van der Waals surface area contributed by atoms with Gasteiger partial charge in [0.1, 0.15) is 6.61 Å². The largest absolute Gasteiger partial charge is 0.476 e. The minimum absolute atomic E-state index is 0.735. The highest BCUT2D eigenvalue weighted by Gasteiger charge is 2.09. The Morgan fingerprint density at radius 2 is 2.10 bits per heavy atom. The van der Waals surface area contributed by atoms with Crippen LogP contribution in [0.2, 0.25) is 0 Å². The first kappa shape index (κ1) is 15.3. The third-order valence-corrected chi connectivity index (χ3v) is 3.62. The SMILES string of the molecule is CCCNCc1cccc(OCCN2CCCCC2)n1. The third kappa shape index (κ3) is 5.47. The molecule has 0 aliphatic carbocycles. The van der Waals surface area contributed by atoms with E-state index in [1.54, 1.807) is 0 Å². The molecule has 0 bridgehead atoms. The zero-order chi connectivity index (χ0) is 14.0. The van der Waals surface area contributed by atoms with Crippen LogP contribution in [-0.4, -0.2) is 42.7 Å². The lowest BCUT2D eigenvalue weighted by Gasteiger charge is -2.26. The van der Waals surface area contributed by atoms with Crippen molar-refractivity contribution in [3.8, 4) is 5.88 Å². The number of piperidine rings is 1. The van der Waals surface area contributed by atoms with Crippen LogP contribution in [0.25, 0.3) is 0 Å². The van der Waals surface area contributed by atoms with Crippen molar-refractivity contribution in [1.82, 2.24) is 15.2 Å². The maximum atomic E-state index is 5.78. The Kier molecular flexibility index (Phi) is 6.81. The van der Waals surface area contributed by atoms with Crippen molar-refractivity contribution < 1.29 is 4.74 Å². The molecule has 0 saturated carbocycles. The van der Waals surface area contributed by atoms with Crippen LogP contribution in [0.3, 0.4) is 0 Å². The van der Waals surface area contributed by atoms with E-state index in [0.29, 0.717) is 0 Å². The third-order valence-electron chi connectivity index (χ3n) is 3.62. The van der Waals surface area contributed by atoms with E-state index in [9.17, 15) is 0 Å². The normalized spacial score (nSPS) is 16.2. The molecule has 4 nitrogen and oxygen atoms in total. The van der Waals surface area contributed by atoms with Crippen LogP contribution >= 0.6 is 0 Å². The summed E-state index contributed by atoms with van der Waals surface area (Å²) in [4.78, 5) is 7.01. The number of likely N-dealkylation sites (tertiary alicyclic amines) is 1. The van der Waals surface area contributed by atoms with Crippen LogP contribution in [0.15, 0.2) is 18.2 Å². The average molecular weight is 277 g/mol. The summed E-state index contributed by atoms with van der Waals surface area (Å²) in [5.41, 5.74) is 1.05. The Morgan fingerprint density at radius 3 is 2.90 bits per heavy atom. The lowest BCUT2D eigenvalue weighted by atomic mass is 10.1. The van der Waals surface area contributed by atoms with Gasteiger partial charge in [0.2, 0.25) is 5.88 Å². The smallest absolute Gasteiger partial charge is 0.213 e. The standard InChI is InChI=1S/C16H27N3O/c1-2-9-17-14-15-7-6-8-16(18-15)20-13-12-19-10-4-3-5-11-19/h6-8,17H,2-5,9-14H2,1H3. The Balaban J connectivity index is 1.70. The van der Waals surface area contributed by atoms with Crippen LogP contribution in [0, 0.1) is 0 Å². The first-order valence-electron chi connectivity index (χ1n) is 7.90. The van der Waals surface area contributed by atoms with Gasteiger partial charge in [-0.2, -0.15) is 0 Å². The molecule has 1 fully saturated rings. The minimum Gasteiger partial charge on any atom is -0.476 e. The van der Waals surface area contributed by atoms with E-state index in [-0.39, 0.29) is 0 Å². The minimum atomic E-state index is 0.735. The highest BCUT2D eigenvalue weighted by molar-refractivity contribution is 5.15. The van der Waals surface area contributed by atoms with Gasteiger partial charge in [-0.15, -0.1) is 0 Å². The fourth-order valence-electron chi connectivity index (χ4n) is 2.49. The fraction of sp³-hybridized carbons (Fsp3) is 0.688. The van der Waals surface area contributed by atoms with Crippen LogP contribution in [0.4, 0.5) is 0 Å². The average Bonchev–Trinajstić information content (AvgIpc) is 2.49. The molecule has 0 aromatic carbocycles. The van der Waals surface area contributed by atoms with Crippen molar-refractivity contribution in [2.75, 3.05) is 32.8 Å². The number of hydrogen-bond acceptors (Lipinski definition) is 4. The molecule has 0 atom stereocenters. The molecular formula is C16H27N3O. The number of hydrogen-bond donors (Lipinski definition) is 1. The highest BCUT2D eigenvalue weighted by Crippen LogP contribution is 2.10. The van der Waals surface area contributed by atoms with Gasteiger partial charge in [0.15, 0.2) is 0 Å². The van der Waals surface area contributed by atoms with E-state index in [0.717, 1.165) is 44.2 Å². The summed E-state index contributed by atoms with van der Waals surface area (Å²) in [5.74, 6) is 0.748. The Morgan fingerprint density at radius 1 is 1.25 bits per heavy atom. The Bertz CT molecular complexity index is 378. The topological polar surface area (TPSA) is 37.4 Å². The van der Waals surface area contributed by atoms with E-state index >= 15 is 0 Å². The van der Waals surface area contributed by atoms with Gasteiger partial charge >= 0.3 is 0 Å². The van der Waals surface area contributed by atoms with Gasteiger partial charge < -0.3 is 10.1 Å². The summed E-state index contributed by atoms with van der Waals surface area (Å²) in [6, 6.07) is 6.01. The Hall–Kier alpha value is -1.13. The quantitative estimate of drug-likeness (QED) is 0.741. The second-order valence-corrected chi connectivity index (χ2v) is 5.39. The van der Waals surface area contributed by atoms with Gasteiger partial charge in [0.25, 0.3) is 0 Å². The first-order chi connectivity index (χ1) is 9.88. The molecule has 1 aromatic heterocycles. The predicted octanol–water partition coefficient (Wildman–Crippen LogP) is 2.45. The van der Waals surface area contributed by atoms with Crippen LogP contribution in [0.5, 0.6) is 5.88 Å².